The summed E-state index contributed by atoms with van der Waals surface area (Å²) in [6.45, 7) is 1.90. The largest absolute Gasteiger partial charge is 0.481 e. The highest BCUT2D eigenvalue weighted by Gasteiger charge is 2.14. The van der Waals surface area contributed by atoms with Gasteiger partial charge in [-0.1, -0.05) is 6.07 Å². The third kappa shape index (κ3) is 5.47. The number of hydrogen-bond acceptors (Lipinski definition) is 4. The number of amides is 2. The molecule has 0 aliphatic carbocycles. The van der Waals surface area contributed by atoms with Crippen LogP contribution in [0.2, 0.25) is 0 Å². The van der Waals surface area contributed by atoms with Crippen LogP contribution in [0.5, 0.6) is 0 Å². The molecule has 0 fully saturated rings. The van der Waals surface area contributed by atoms with Gasteiger partial charge in [0, 0.05) is 19.0 Å². The summed E-state index contributed by atoms with van der Waals surface area (Å²) >= 11 is 0. The van der Waals surface area contributed by atoms with Gasteiger partial charge in [-0.3, -0.25) is 14.9 Å². The fourth-order valence-corrected chi connectivity index (χ4v) is 1.73. The minimum atomic E-state index is -0.869. The molecule has 1 rings (SSSR count). The van der Waals surface area contributed by atoms with E-state index in [-0.39, 0.29) is 12.1 Å². The van der Waals surface area contributed by atoms with E-state index in [4.69, 9.17) is 5.11 Å². The number of hydrogen-bond donors (Lipinski definition) is 3. The van der Waals surface area contributed by atoms with Crippen LogP contribution in [-0.2, 0) is 4.79 Å². The third-order valence-electron chi connectivity index (χ3n) is 2.85. The van der Waals surface area contributed by atoms with Crippen LogP contribution in [0.4, 0.5) is 16.2 Å². The Balaban J connectivity index is 2.46. The SMILES string of the molecule is Cc1c(NC(=O)NCCCCC(=O)O)cccc1[N+](=O)[O-]. The van der Waals surface area contributed by atoms with E-state index in [0.29, 0.717) is 30.6 Å². The molecule has 0 bridgehead atoms. The van der Waals surface area contributed by atoms with Crippen molar-refractivity contribution in [3.05, 3.63) is 33.9 Å². The minimum absolute atomic E-state index is 0.0609. The van der Waals surface area contributed by atoms with Gasteiger partial charge in [0.1, 0.15) is 0 Å². The van der Waals surface area contributed by atoms with E-state index in [1.807, 2.05) is 0 Å². The van der Waals surface area contributed by atoms with Crippen molar-refractivity contribution in [3.63, 3.8) is 0 Å². The average Bonchev–Trinajstić information content (AvgIpc) is 2.40. The van der Waals surface area contributed by atoms with Crippen LogP contribution in [-0.4, -0.2) is 28.6 Å². The van der Waals surface area contributed by atoms with Gasteiger partial charge in [0.2, 0.25) is 0 Å². The first-order valence-electron chi connectivity index (χ1n) is 6.42. The van der Waals surface area contributed by atoms with Crippen LogP contribution in [0.3, 0.4) is 0 Å². The average molecular weight is 295 g/mol. The number of unbranched alkanes of at least 4 members (excludes halogenated alkanes) is 1. The molecule has 1 aromatic carbocycles. The van der Waals surface area contributed by atoms with Gasteiger partial charge >= 0.3 is 12.0 Å². The lowest BCUT2D eigenvalue weighted by atomic mass is 10.1. The molecule has 1 aromatic rings. The Morgan fingerprint density at radius 1 is 1.33 bits per heavy atom. The second kappa shape index (κ2) is 7.83. The molecule has 0 unspecified atom stereocenters. The molecule has 8 heteroatoms. The number of nitro groups is 1. The first kappa shape index (κ1) is 16.4. The number of aliphatic carboxylic acids is 1. The molecule has 8 nitrogen and oxygen atoms in total. The number of carbonyl (C=O) groups is 2. The highest BCUT2D eigenvalue weighted by Crippen LogP contribution is 2.24. The van der Waals surface area contributed by atoms with Crippen molar-refractivity contribution in [3.8, 4) is 0 Å². The van der Waals surface area contributed by atoms with Gasteiger partial charge in [-0.15, -0.1) is 0 Å². The maximum atomic E-state index is 11.6. The molecule has 0 aromatic heterocycles. The van der Waals surface area contributed by atoms with Gasteiger partial charge in [0.15, 0.2) is 0 Å². The number of carbonyl (C=O) groups excluding carboxylic acids is 1. The molecule has 3 N–H and O–H groups in total. The smallest absolute Gasteiger partial charge is 0.319 e. The molecular weight excluding hydrogens is 278 g/mol. The highest BCUT2D eigenvalue weighted by atomic mass is 16.6. The van der Waals surface area contributed by atoms with Crippen molar-refractivity contribution >= 4 is 23.4 Å². The Labute approximate surface area is 121 Å². The number of rotatable bonds is 7. The molecule has 0 saturated carbocycles. The number of nitrogens with zero attached hydrogens (tertiary/aromatic N) is 1. The fraction of sp³-hybridized carbons (Fsp3) is 0.385. The van der Waals surface area contributed by atoms with E-state index < -0.39 is 16.9 Å². The van der Waals surface area contributed by atoms with Gasteiger partial charge in [-0.2, -0.15) is 0 Å². The standard InChI is InChI=1S/C13H17N3O5/c1-9-10(5-4-6-11(9)16(20)21)15-13(19)14-8-3-2-7-12(17)18/h4-6H,2-3,7-8H2,1H3,(H,17,18)(H2,14,15,19). The minimum Gasteiger partial charge on any atom is -0.481 e. The van der Waals surface area contributed by atoms with Crippen molar-refractivity contribution in [2.24, 2.45) is 0 Å². The lowest BCUT2D eigenvalue weighted by Crippen LogP contribution is -2.29. The van der Waals surface area contributed by atoms with Crippen LogP contribution in [0.1, 0.15) is 24.8 Å². The molecule has 0 spiro atoms. The summed E-state index contributed by atoms with van der Waals surface area (Å²) in [5.41, 5.74) is 0.685. The zero-order chi connectivity index (χ0) is 15.8. The number of urea groups is 1. The van der Waals surface area contributed by atoms with Gasteiger partial charge in [0.05, 0.1) is 16.2 Å². The molecule has 0 saturated heterocycles. The van der Waals surface area contributed by atoms with Crippen LogP contribution >= 0.6 is 0 Å². The van der Waals surface area contributed by atoms with Gasteiger partial charge in [0.25, 0.3) is 5.69 Å². The topological polar surface area (TPSA) is 122 Å². The first-order chi connectivity index (χ1) is 9.91. The lowest BCUT2D eigenvalue weighted by molar-refractivity contribution is -0.385. The monoisotopic (exact) mass is 295 g/mol. The summed E-state index contributed by atoms with van der Waals surface area (Å²) < 4.78 is 0. The molecule has 21 heavy (non-hydrogen) atoms. The summed E-state index contributed by atoms with van der Waals surface area (Å²) in [6.07, 6.45) is 1.09. The van der Waals surface area contributed by atoms with Crippen LogP contribution in [0.25, 0.3) is 0 Å². The Morgan fingerprint density at radius 3 is 2.67 bits per heavy atom. The second-order valence-corrected chi connectivity index (χ2v) is 4.44. The summed E-state index contributed by atoms with van der Waals surface area (Å²) in [7, 11) is 0. The van der Waals surface area contributed by atoms with E-state index in [2.05, 4.69) is 10.6 Å². The Hall–Kier alpha value is -2.64. The predicted molar refractivity (Wildman–Crippen MR) is 76.3 cm³/mol. The van der Waals surface area contributed by atoms with Crippen LogP contribution in [0, 0.1) is 17.0 Å². The Morgan fingerprint density at radius 2 is 2.05 bits per heavy atom. The van der Waals surface area contributed by atoms with Gasteiger partial charge in [-0.25, -0.2) is 4.79 Å². The van der Waals surface area contributed by atoms with E-state index >= 15 is 0 Å². The van der Waals surface area contributed by atoms with Gasteiger partial charge < -0.3 is 15.7 Å². The lowest BCUT2D eigenvalue weighted by Gasteiger charge is -2.09. The first-order valence-corrected chi connectivity index (χ1v) is 6.42. The molecule has 0 radical (unpaired) electrons. The zero-order valence-electron chi connectivity index (χ0n) is 11.6. The Kier molecular flexibility index (Phi) is 6.12. The highest BCUT2D eigenvalue weighted by molar-refractivity contribution is 5.90. The summed E-state index contributed by atoms with van der Waals surface area (Å²) in [4.78, 5) is 32.2. The molecule has 0 heterocycles. The number of benzene rings is 1. The third-order valence-corrected chi connectivity index (χ3v) is 2.85. The van der Waals surface area contributed by atoms with Crippen molar-refractivity contribution in [2.45, 2.75) is 26.2 Å². The van der Waals surface area contributed by atoms with E-state index in [0.717, 1.165) is 0 Å². The van der Waals surface area contributed by atoms with Crippen molar-refractivity contribution in [1.82, 2.24) is 5.32 Å². The van der Waals surface area contributed by atoms with Crippen LogP contribution in [0.15, 0.2) is 18.2 Å². The van der Waals surface area contributed by atoms with Crippen molar-refractivity contribution < 1.29 is 19.6 Å². The van der Waals surface area contributed by atoms with Gasteiger partial charge in [-0.05, 0) is 25.8 Å². The normalized spacial score (nSPS) is 9.95. The van der Waals surface area contributed by atoms with E-state index in [1.54, 1.807) is 13.0 Å². The number of anilines is 1. The maximum Gasteiger partial charge on any atom is 0.319 e. The summed E-state index contributed by atoms with van der Waals surface area (Å²) in [5.74, 6) is -0.869. The number of carboxylic acid groups (broad SMARTS) is 1. The fourth-order valence-electron chi connectivity index (χ4n) is 1.73. The van der Waals surface area contributed by atoms with Crippen molar-refractivity contribution in [1.29, 1.82) is 0 Å². The number of nitro benzene ring substituents is 1. The molecule has 114 valence electrons. The number of nitrogens with one attached hydrogen (secondary N) is 2. The molecule has 2 amide bonds. The number of carboxylic acids is 1. The summed E-state index contributed by atoms with van der Waals surface area (Å²) in [6, 6.07) is 3.96. The Bertz CT molecular complexity index is 545. The molecular formula is C13H17N3O5. The molecule has 0 aliphatic rings. The molecule has 0 aliphatic heterocycles. The summed E-state index contributed by atoms with van der Waals surface area (Å²) in [5, 5.41) is 24.4. The predicted octanol–water partition coefficient (Wildman–Crippen LogP) is 2.28. The molecule has 0 atom stereocenters. The van der Waals surface area contributed by atoms with E-state index in [9.17, 15) is 19.7 Å². The van der Waals surface area contributed by atoms with E-state index in [1.165, 1.54) is 12.1 Å². The van der Waals surface area contributed by atoms with Crippen molar-refractivity contribution in [2.75, 3.05) is 11.9 Å². The van der Waals surface area contributed by atoms with Crippen LogP contribution < -0.4 is 10.6 Å². The quantitative estimate of drug-likeness (QED) is 0.404. The zero-order valence-corrected chi connectivity index (χ0v) is 11.6. The second-order valence-electron chi connectivity index (χ2n) is 4.44. The maximum absolute atomic E-state index is 11.6.